The summed E-state index contributed by atoms with van der Waals surface area (Å²) in [5.41, 5.74) is 7.49. The third-order valence-corrected chi connectivity index (χ3v) is 7.34. The predicted molar refractivity (Wildman–Crippen MR) is 160 cm³/mol. The third kappa shape index (κ3) is 5.67. The van der Waals surface area contributed by atoms with Crippen LogP contribution >= 0.6 is 23.2 Å². The first kappa shape index (κ1) is 25.3. The molecule has 188 valence electrons. The molecule has 0 fully saturated rings. The summed E-state index contributed by atoms with van der Waals surface area (Å²) in [5.74, 6) is 0. The van der Waals surface area contributed by atoms with Crippen LogP contribution in [0.15, 0.2) is 72.9 Å². The van der Waals surface area contributed by atoms with Gasteiger partial charge in [0.05, 0.1) is 21.3 Å². The van der Waals surface area contributed by atoms with Crippen LogP contribution in [-0.2, 0) is 6.54 Å². The molecule has 0 bridgehead atoms. The van der Waals surface area contributed by atoms with E-state index in [2.05, 4.69) is 103 Å². The molecule has 0 atom stereocenters. The van der Waals surface area contributed by atoms with Gasteiger partial charge < -0.3 is 14.8 Å². The van der Waals surface area contributed by atoms with Crippen LogP contribution in [0.4, 0.5) is 5.69 Å². The van der Waals surface area contributed by atoms with Crippen molar-refractivity contribution in [1.82, 2.24) is 14.5 Å². The number of hydrogen-bond acceptors (Lipinski definition) is 3. The van der Waals surface area contributed by atoms with Gasteiger partial charge in [0.2, 0.25) is 0 Å². The summed E-state index contributed by atoms with van der Waals surface area (Å²) in [5, 5.41) is 7.11. The van der Waals surface area contributed by atoms with Gasteiger partial charge in [-0.05, 0) is 63.0 Å². The van der Waals surface area contributed by atoms with E-state index in [1.54, 1.807) is 0 Å². The standard InChI is InChI=1S/C31H30Cl2N4/c1-21-11-14-28-26(17-21)29(34-15-16-36(2)3)18-24(35-28)13-12-22-19-37(30-10-5-4-8-25(22)30)20-23-7-6-9-27(32)31(23)33/h4-14,17-19H,15-16,20H2,1-3H3,(H,34,35)/b13-12+. The van der Waals surface area contributed by atoms with E-state index in [1.165, 1.54) is 10.9 Å². The van der Waals surface area contributed by atoms with Crippen molar-refractivity contribution in [1.29, 1.82) is 0 Å². The number of aromatic nitrogens is 2. The minimum Gasteiger partial charge on any atom is -0.383 e. The molecule has 0 amide bonds. The maximum atomic E-state index is 6.49. The fourth-order valence-corrected chi connectivity index (χ4v) is 4.95. The zero-order valence-corrected chi connectivity index (χ0v) is 22.8. The summed E-state index contributed by atoms with van der Waals surface area (Å²) in [6.07, 6.45) is 6.40. The molecule has 5 aromatic rings. The van der Waals surface area contributed by atoms with E-state index in [0.717, 1.165) is 52.0 Å². The Bertz CT molecular complexity index is 1600. The second kappa shape index (κ2) is 11.0. The molecule has 5 rings (SSSR count). The van der Waals surface area contributed by atoms with Crippen LogP contribution in [0.3, 0.4) is 0 Å². The van der Waals surface area contributed by atoms with Crippen molar-refractivity contribution in [2.45, 2.75) is 13.5 Å². The molecular formula is C31H30Cl2N4. The Balaban J connectivity index is 1.50. The number of aryl methyl sites for hydroxylation is 1. The Hall–Kier alpha value is -3.31. The van der Waals surface area contributed by atoms with Gasteiger partial charge in [0.1, 0.15) is 0 Å². The molecule has 3 aromatic carbocycles. The average molecular weight is 530 g/mol. The van der Waals surface area contributed by atoms with Crippen LogP contribution in [-0.4, -0.2) is 41.6 Å². The molecule has 0 unspecified atom stereocenters. The van der Waals surface area contributed by atoms with E-state index < -0.39 is 0 Å². The molecule has 0 spiro atoms. The highest BCUT2D eigenvalue weighted by Crippen LogP contribution is 2.30. The van der Waals surface area contributed by atoms with Crippen molar-refractivity contribution in [3.63, 3.8) is 0 Å². The SMILES string of the molecule is Cc1ccc2nc(/C=C/c3cn(Cc4cccc(Cl)c4Cl)c4ccccc34)cc(NCCN(C)C)c2c1. The van der Waals surface area contributed by atoms with Crippen molar-refractivity contribution in [2.24, 2.45) is 0 Å². The summed E-state index contributed by atoms with van der Waals surface area (Å²) in [6, 6.07) is 22.7. The number of likely N-dealkylation sites (N-methyl/N-ethyl adjacent to an activating group) is 1. The van der Waals surface area contributed by atoms with Gasteiger partial charge in [0, 0.05) is 53.4 Å². The monoisotopic (exact) mass is 528 g/mol. The largest absolute Gasteiger partial charge is 0.383 e. The zero-order valence-electron chi connectivity index (χ0n) is 21.3. The number of para-hydroxylation sites is 1. The molecule has 0 saturated carbocycles. The van der Waals surface area contributed by atoms with E-state index in [4.69, 9.17) is 28.2 Å². The van der Waals surface area contributed by atoms with E-state index in [1.807, 2.05) is 18.2 Å². The lowest BCUT2D eigenvalue weighted by Crippen LogP contribution is -2.20. The van der Waals surface area contributed by atoms with Crippen LogP contribution in [0.2, 0.25) is 10.0 Å². The number of rotatable bonds is 8. The zero-order chi connectivity index (χ0) is 25.9. The predicted octanol–water partition coefficient (Wildman–Crippen LogP) is 8.00. The first-order chi connectivity index (χ1) is 17.9. The highest BCUT2D eigenvalue weighted by atomic mass is 35.5. The van der Waals surface area contributed by atoms with Crippen LogP contribution < -0.4 is 5.32 Å². The molecule has 2 heterocycles. The molecule has 0 aliphatic rings. The van der Waals surface area contributed by atoms with Crippen molar-refractivity contribution in [2.75, 3.05) is 32.5 Å². The fraction of sp³-hybridized carbons (Fsp3) is 0.194. The van der Waals surface area contributed by atoms with Gasteiger partial charge in [-0.3, -0.25) is 0 Å². The van der Waals surface area contributed by atoms with Crippen molar-refractivity contribution in [3.05, 3.63) is 105 Å². The fourth-order valence-electron chi connectivity index (χ4n) is 4.57. The maximum absolute atomic E-state index is 6.49. The first-order valence-corrected chi connectivity index (χ1v) is 13.1. The lowest BCUT2D eigenvalue weighted by atomic mass is 10.1. The summed E-state index contributed by atoms with van der Waals surface area (Å²) in [6.45, 7) is 4.57. The maximum Gasteiger partial charge on any atom is 0.0730 e. The van der Waals surface area contributed by atoms with Crippen molar-refractivity contribution in [3.8, 4) is 0 Å². The second-order valence-electron chi connectivity index (χ2n) is 9.62. The summed E-state index contributed by atoms with van der Waals surface area (Å²) in [7, 11) is 4.17. The summed E-state index contributed by atoms with van der Waals surface area (Å²) < 4.78 is 2.22. The van der Waals surface area contributed by atoms with Crippen LogP contribution in [0.1, 0.15) is 22.4 Å². The van der Waals surface area contributed by atoms with Crippen LogP contribution in [0, 0.1) is 6.92 Å². The molecule has 0 aliphatic heterocycles. The third-order valence-electron chi connectivity index (χ3n) is 6.48. The van der Waals surface area contributed by atoms with Crippen molar-refractivity contribution < 1.29 is 0 Å². The van der Waals surface area contributed by atoms with E-state index in [-0.39, 0.29) is 0 Å². The number of nitrogens with one attached hydrogen (secondary N) is 1. The first-order valence-electron chi connectivity index (χ1n) is 12.4. The van der Waals surface area contributed by atoms with Gasteiger partial charge in [0.15, 0.2) is 0 Å². The van der Waals surface area contributed by atoms with Gasteiger partial charge in [-0.25, -0.2) is 4.98 Å². The lowest BCUT2D eigenvalue weighted by molar-refractivity contribution is 0.425. The molecule has 1 N–H and O–H groups in total. The number of nitrogens with zero attached hydrogens (tertiary/aromatic N) is 3. The lowest BCUT2D eigenvalue weighted by Gasteiger charge is -2.14. The van der Waals surface area contributed by atoms with Gasteiger partial charge in [-0.15, -0.1) is 0 Å². The van der Waals surface area contributed by atoms with Crippen LogP contribution in [0.5, 0.6) is 0 Å². The summed E-state index contributed by atoms with van der Waals surface area (Å²) >= 11 is 12.8. The smallest absolute Gasteiger partial charge is 0.0730 e. The van der Waals surface area contributed by atoms with E-state index >= 15 is 0 Å². The van der Waals surface area contributed by atoms with Crippen molar-refractivity contribution >= 4 is 62.8 Å². The quantitative estimate of drug-likeness (QED) is 0.221. The number of benzene rings is 3. The topological polar surface area (TPSA) is 33.1 Å². The van der Waals surface area contributed by atoms with Gasteiger partial charge in [-0.1, -0.05) is 71.2 Å². The van der Waals surface area contributed by atoms with E-state index in [0.29, 0.717) is 16.6 Å². The number of anilines is 1. The minimum atomic E-state index is 0.573. The Morgan fingerprint density at radius 1 is 0.946 bits per heavy atom. The highest BCUT2D eigenvalue weighted by Gasteiger charge is 2.11. The van der Waals surface area contributed by atoms with Crippen LogP contribution in [0.25, 0.3) is 34.0 Å². The number of fused-ring (bicyclic) bond motifs is 2. The number of halogens is 2. The van der Waals surface area contributed by atoms with Gasteiger partial charge in [-0.2, -0.15) is 0 Å². The Kier molecular flexibility index (Phi) is 7.52. The molecule has 0 aliphatic carbocycles. The minimum absolute atomic E-state index is 0.573. The average Bonchev–Trinajstić information content (AvgIpc) is 3.23. The number of hydrogen-bond donors (Lipinski definition) is 1. The molecular weight excluding hydrogens is 499 g/mol. The van der Waals surface area contributed by atoms with Gasteiger partial charge in [0.25, 0.3) is 0 Å². The number of pyridine rings is 1. The molecule has 2 aromatic heterocycles. The van der Waals surface area contributed by atoms with Gasteiger partial charge >= 0.3 is 0 Å². The summed E-state index contributed by atoms with van der Waals surface area (Å²) in [4.78, 5) is 7.11. The Labute approximate surface area is 228 Å². The Morgan fingerprint density at radius 2 is 1.78 bits per heavy atom. The normalized spacial score (nSPS) is 11.8. The highest BCUT2D eigenvalue weighted by molar-refractivity contribution is 6.42. The second-order valence-corrected chi connectivity index (χ2v) is 10.4. The molecule has 37 heavy (non-hydrogen) atoms. The molecule has 4 nitrogen and oxygen atoms in total. The Morgan fingerprint density at radius 3 is 2.62 bits per heavy atom. The molecule has 0 saturated heterocycles. The molecule has 0 radical (unpaired) electrons. The molecule has 6 heteroatoms. The van der Waals surface area contributed by atoms with E-state index in [9.17, 15) is 0 Å².